The minimum absolute atomic E-state index is 0.151. The van der Waals surface area contributed by atoms with Gasteiger partial charge in [0.2, 0.25) is 0 Å². The lowest BCUT2D eigenvalue weighted by Crippen LogP contribution is -2.36. The van der Waals surface area contributed by atoms with Gasteiger partial charge < -0.3 is 5.32 Å². The van der Waals surface area contributed by atoms with Gasteiger partial charge in [-0.05, 0) is 11.6 Å². The van der Waals surface area contributed by atoms with Crippen molar-refractivity contribution in [1.29, 1.82) is 0 Å². The number of nitrogens with one attached hydrogen (secondary N) is 1. The molecule has 0 saturated carbocycles. The Kier molecular flexibility index (Phi) is 3.21. The van der Waals surface area contributed by atoms with Crippen molar-refractivity contribution in [1.82, 2.24) is 5.32 Å². The number of halogens is 1. The van der Waals surface area contributed by atoms with Gasteiger partial charge in [-0.1, -0.05) is 29.8 Å². The minimum atomic E-state index is -0.700. The van der Waals surface area contributed by atoms with Crippen molar-refractivity contribution in [3.8, 4) is 0 Å². The third kappa shape index (κ3) is 2.16. The fourth-order valence-corrected chi connectivity index (χ4v) is 3.08. The summed E-state index contributed by atoms with van der Waals surface area (Å²) in [6.45, 7) is 0.808. The fraction of sp³-hybridized carbons (Fsp3) is 0.400. The fourth-order valence-electron chi connectivity index (χ4n) is 1.63. The van der Waals surface area contributed by atoms with Gasteiger partial charge in [0.25, 0.3) is 0 Å². The van der Waals surface area contributed by atoms with E-state index in [0.717, 1.165) is 22.9 Å². The van der Waals surface area contributed by atoms with E-state index in [2.05, 4.69) is 5.32 Å². The largest absolute Gasteiger partial charge is 0.308 e. The Labute approximate surface area is 91.1 Å². The van der Waals surface area contributed by atoms with Crippen LogP contribution in [0.1, 0.15) is 11.6 Å². The molecule has 1 aliphatic rings. The van der Waals surface area contributed by atoms with Gasteiger partial charge in [-0.3, -0.25) is 4.21 Å². The van der Waals surface area contributed by atoms with Crippen molar-refractivity contribution < 1.29 is 4.21 Å². The van der Waals surface area contributed by atoms with E-state index in [-0.39, 0.29) is 6.04 Å². The Morgan fingerprint density at radius 3 is 2.93 bits per heavy atom. The molecule has 1 aromatic carbocycles. The molecule has 1 N–H and O–H groups in total. The predicted molar refractivity (Wildman–Crippen MR) is 60.1 cm³/mol. The Bertz CT molecular complexity index is 356. The zero-order valence-corrected chi connectivity index (χ0v) is 9.27. The summed E-state index contributed by atoms with van der Waals surface area (Å²) in [6.07, 6.45) is 0. The van der Waals surface area contributed by atoms with Crippen LogP contribution in [0.25, 0.3) is 0 Å². The van der Waals surface area contributed by atoms with E-state index in [4.69, 9.17) is 11.6 Å². The van der Waals surface area contributed by atoms with E-state index in [0.29, 0.717) is 5.75 Å². The zero-order chi connectivity index (χ0) is 9.97. The smallest absolute Gasteiger partial charge is 0.0454 e. The maximum atomic E-state index is 11.4. The highest BCUT2D eigenvalue weighted by Crippen LogP contribution is 2.24. The van der Waals surface area contributed by atoms with Crippen molar-refractivity contribution in [2.24, 2.45) is 0 Å². The molecule has 0 amide bonds. The molecule has 76 valence electrons. The molecule has 1 aliphatic heterocycles. The van der Waals surface area contributed by atoms with Crippen LogP contribution in [0.3, 0.4) is 0 Å². The molecule has 1 saturated heterocycles. The van der Waals surface area contributed by atoms with Crippen LogP contribution in [-0.2, 0) is 10.8 Å². The third-order valence-electron chi connectivity index (χ3n) is 2.35. The maximum Gasteiger partial charge on any atom is 0.0454 e. The zero-order valence-electron chi connectivity index (χ0n) is 7.70. The van der Waals surface area contributed by atoms with Crippen LogP contribution in [0.15, 0.2) is 24.3 Å². The van der Waals surface area contributed by atoms with Gasteiger partial charge in [-0.15, -0.1) is 0 Å². The first kappa shape index (κ1) is 10.1. The van der Waals surface area contributed by atoms with E-state index in [1.807, 2.05) is 24.3 Å². The van der Waals surface area contributed by atoms with E-state index in [9.17, 15) is 4.21 Å². The molecule has 0 aromatic heterocycles. The first-order chi connectivity index (χ1) is 6.77. The first-order valence-corrected chi connectivity index (χ1v) is 6.47. The summed E-state index contributed by atoms with van der Waals surface area (Å²) in [5.41, 5.74) is 1.06. The van der Waals surface area contributed by atoms with Gasteiger partial charge in [-0.2, -0.15) is 0 Å². The van der Waals surface area contributed by atoms with Crippen molar-refractivity contribution >= 4 is 22.4 Å². The number of rotatable bonds is 1. The van der Waals surface area contributed by atoms with Crippen LogP contribution >= 0.6 is 11.6 Å². The van der Waals surface area contributed by atoms with Gasteiger partial charge in [0.15, 0.2) is 0 Å². The average Bonchev–Trinajstić information content (AvgIpc) is 2.18. The number of hydrogen-bond acceptors (Lipinski definition) is 2. The van der Waals surface area contributed by atoms with Crippen LogP contribution in [0.2, 0.25) is 5.02 Å². The molecule has 1 aromatic rings. The van der Waals surface area contributed by atoms with E-state index < -0.39 is 10.8 Å². The highest BCUT2D eigenvalue weighted by molar-refractivity contribution is 7.85. The second-order valence-corrected chi connectivity index (χ2v) is 5.37. The summed E-state index contributed by atoms with van der Waals surface area (Å²) < 4.78 is 11.4. The van der Waals surface area contributed by atoms with Crippen molar-refractivity contribution in [2.75, 3.05) is 18.1 Å². The molecule has 0 aliphatic carbocycles. The molecule has 2 nitrogen and oxygen atoms in total. The summed E-state index contributed by atoms with van der Waals surface area (Å²) in [4.78, 5) is 0. The normalized spacial score (nSPS) is 27.5. The van der Waals surface area contributed by atoms with Crippen LogP contribution in [0, 0.1) is 0 Å². The molecule has 1 fully saturated rings. The molecule has 0 radical (unpaired) electrons. The molecular formula is C10H12ClNOS. The Hall–Kier alpha value is -0.380. The molecule has 0 bridgehead atoms. The van der Waals surface area contributed by atoms with Crippen molar-refractivity contribution in [3.05, 3.63) is 34.9 Å². The third-order valence-corrected chi connectivity index (χ3v) is 4.06. The van der Waals surface area contributed by atoms with Crippen molar-refractivity contribution in [3.63, 3.8) is 0 Å². The Balaban J connectivity index is 2.22. The summed E-state index contributed by atoms with van der Waals surface area (Å²) in [6, 6.07) is 7.88. The highest BCUT2D eigenvalue weighted by atomic mass is 35.5. The summed E-state index contributed by atoms with van der Waals surface area (Å²) in [7, 11) is -0.700. The molecular weight excluding hydrogens is 218 g/mol. The standard InChI is InChI=1S/C10H12ClNOS/c11-9-4-2-1-3-8(9)10-7-14(13)6-5-12-10/h1-4,10,12H,5-7H2. The predicted octanol–water partition coefficient (Wildman–Crippen LogP) is 1.73. The molecule has 2 rings (SSSR count). The van der Waals surface area contributed by atoms with Crippen LogP contribution in [-0.4, -0.2) is 22.3 Å². The van der Waals surface area contributed by atoms with Gasteiger partial charge in [-0.25, -0.2) is 0 Å². The van der Waals surface area contributed by atoms with Crippen molar-refractivity contribution in [2.45, 2.75) is 6.04 Å². The lowest BCUT2D eigenvalue weighted by Gasteiger charge is -2.24. The van der Waals surface area contributed by atoms with Gasteiger partial charge >= 0.3 is 0 Å². The molecule has 4 heteroatoms. The van der Waals surface area contributed by atoms with Crippen LogP contribution in [0.5, 0.6) is 0 Å². The molecule has 2 atom stereocenters. The monoisotopic (exact) mass is 229 g/mol. The maximum absolute atomic E-state index is 11.4. The summed E-state index contributed by atoms with van der Waals surface area (Å²) in [5, 5.41) is 4.08. The summed E-state index contributed by atoms with van der Waals surface area (Å²) in [5.74, 6) is 1.42. The minimum Gasteiger partial charge on any atom is -0.308 e. The van der Waals surface area contributed by atoms with Gasteiger partial charge in [0.1, 0.15) is 0 Å². The molecule has 14 heavy (non-hydrogen) atoms. The average molecular weight is 230 g/mol. The summed E-state index contributed by atoms with van der Waals surface area (Å²) >= 11 is 6.07. The first-order valence-electron chi connectivity index (χ1n) is 4.60. The second-order valence-electron chi connectivity index (χ2n) is 3.34. The van der Waals surface area contributed by atoms with Crippen LogP contribution < -0.4 is 5.32 Å². The van der Waals surface area contributed by atoms with Crippen LogP contribution in [0.4, 0.5) is 0 Å². The second kappa shape index (κ2) is 4.43. The Morgan fingerprint density at radius 2 is 2.21 bits per heavy atom. The molecule has 0 spiro atoms. The lowest BCUT2D eigenvalue weighted by molar-refractivity contribution is 0.572. The SMILES string of the molecule is O=S1CCNC(c2ccccc2Cl)C1. The van der Waals surface area contributed by atoms with Gasteiger partial charge in [0, 0.05) is 39.9 Å². The van der Waals surface area contributed by atoms with Gasteiger partial charge in [0.05, 0.1) is 0 Å². The lowest BCUT2D eigenvalue weighted by atomic mass is 10.1. The number of benzene rings is 1. The topological polar surface area (TPSA) is 29.1 Å². The van der Waals surface area contributed by atoms with E-state index in [1.54, 1.807) is 0 Å². The van der Waals surface area contributed by atoms with E-state index in [1.165, 1.54) is 0 Å². The quantitative estimate of drug-likeness (QED) is 0.795. The molecule has 2 unspecified atom stereocenters. The molecule has 1 heterocycles. The Morgan fingerprint density at radius 1 is 1.43 bits per heavy atom. The van der Waals surface area contributed by atoms with E-state index >= 15 is 0 Å². The highest BCUT2D eigenvalue weighted by Gasteiger charge is 2.20. The number of hydrogen-bond donors (Lipinski definition) is 1.